The molecule has 1 aromatic carbocycles. The van der Waals surface area contributed by atoms with Crippen LogP contribution >= 0.6 is 11.3 Å². The predicted octanol–water partition coefficient (Wildman–Crippen LogP) is 3.51. The van der Waals surface area contributed by atoms with Gasteiger partial charge in [0.1, 0.15) is 0 Å². The minimum Gasteiger partial charge on any atom is -0.370 e. The molecule has 3 rings (SSSR count). The van der Waals surface area contributed by atoms with E-state index in [1.807, 2.05) is 23.1 Å². The summed E-state index contributed by atoms with van der Waals surface area (Å²) in [5, 5.41) is 1.16. The highest BCUT2D eigenvalue weighted by Gasteiger charge is 2.23. The Hall–Kier alpha value is -1.95. The van der Waals surface area contributed by atoms with Gasteiger partial charge in [-0.1, -0.05) is 12.1 Å². The average Bonchev–Trinajstić information content (AvgIpc) is 3.06. The smallest absolute Gasteiger partial charge is 0.222 e. The number of thiazole rings is 1. The topological polar surface area (TPSA) is 76.3 Å². The molecular formula is C20H27N3O2S. The van der Waals surface area contributed by atoms with Crippen molar-refractivity contribution >= 4 is 33.4 Å². The normalized spacial score (nSPS) is 17.5. The Morgan fingerprint density at radius 2 is 2.08 bits per heavy atom. The lowest BCUT2D eigenvalue weighted by atomic mass is 9.93. The van der Waals surface area contributed by atoms with Gasteiger partial charge < -0.3 is 10.6 Å². The van der Waals surface area contributed by atoms with Crippen LogP contribution in [-0.2, 0) is 16.0 Å². The van der Waals surface area contributed by atoms with E-state index in [9.17, 15) is 9.59 Å². The van der Waals surface area contributed by atoms with E-state index in [0.29, 0.717) is 18.8 Å². The Morgan fingerprint density at radius 3 is 2.88 bits per heavy atom. The number of rotatable bonds is 8. The number of likely N-dealkylation sites (tertiary alicyclic amines) is 1. The number of primary amides is 1. The number of unbranched alkanes of at least 4 members (excludes halogenated alkanes) is 1. The fraction of sp³-hybridized carbons (Fsp3) is 0.550. The Balaban J connectivity index is 1.38. The molecule has 2 aromatic rings. The lowest BCUT2D eigenvalue weighted by Gasteiger charge is -2.32. The average molecular weight is 374 g/mol. The molecule has 0 aliphatic carbocycles. The summed E-state index contributed by atoms with van der Waals surface area (Å²) in [6.07, 6.45) is 6.78. The number of hydrogen-bond acceptors (Lipinski definition) is 4. The number of para-hydroxylation sites is 1. The molecular weight excluding hydrogens is 346 g/mol. The molecule has 2 heterocycles. The second-order valence-corrected chi connectivity index (χ2v) is 8.25. The van der Waals surface area contributed by atoms with Gasteiger partial charge in [0.25, 0.3) is 0 Å². The number of nitrogens with zero attached hydrogens (tertiary/aromatic N) is 2. The SMILES string of the molecule is NC(=O)CCC1CCCN(C(=O)CCCCc2nc3ccccc3s2)C1. The van der Waals surface area contributed by atoms with Gasteiger partial charge in [-0.2, -0.15) is 0 Å². The first-order valence-electron chi connectivity index (χ1n) is 9.52. The molecule has 1 aliphatic heterocycles. The van der Waals surface area contributed by atoms with E-state index < -0.39 is 0 Å². The third-order valence-electron chi connectivity index (χ3n) is 5.04. The minimum absolute atomic E-state index is 0.247. The summed E-state index contributed by atoms with van der Waals surface area (Å²) in [5.41, 5.74) is 6.30. The van der Waals surface area contributed by atoms with Crippen LogP contribution in [0.15, 0.2) is 24.3 Å². The number of piperidine rings is 1. The van der Waals surface area contributed by atoms with Crippen LogP contribution in [0, 0.1) is 5.92 Å². The van der Waals surface area contributed by atoms with Crippen LogP contribution in [0.4, 0.5) is 0 Å². The maximum atomic E-state index is 12.5. The molecule has 1 fully saturated rings. The van der Waals surface area contributed by atoms with Gasteiger partial charge in [-0.3, -0.25) is 9.59 Å². The van der Waals surface area contributed by atoms with Crippen LogP contribution in [0.5, 0.6) is 0 Å². The number of carbonyl (C=O) groups excluding carboxylic acids is 2. The molecule has 6 heteroatoms. The van der Waals surface area contributed by atoms with E-state index in [4.69, 9.17) is 5.73 Å². The molecule has 0 spiro atoms. The predicted molar refractivity (Wildman–Crippen MR) is 105 cm³/mol. The third kappa shape index (κ3) is 5.27. The van der Waals surface area contributed by atoms with Crippen molar-refractivity contribution in [2.24, 2.45) is 11.7 Å². The molecule has 26 heavy (non-hydrogen) atoms. The van der Waals surface area contributed by atoms with Gasteiger partial charge in [0.2, 0.25) is 11.8 Å². The van der Waals surface area contributed by atoms with Crippen molar-refractivity contribution in [2.75, 3.05) is 13.1 Å². The van der Waals surface area contributed by atoms with Crippen molar-refractivity contribution in [3.05, 3.63) is 29.3 Å². The molecule has 2 N–H and O–H groups in total. The number of benzene rings is 1. The lowest BCUT2D eigenvalue weighted by molar-refractivity contribution is -0.133. The lowest BCUT2D eigenvalue weighted by Crippen LogP contribution is -2.40. The molecule has 1 atom stereocenters. The number of fused-ring (bicyclic) bond motifs is 1. The van der Waals surface area contributed by atoms with Crippen molar-refractivity contribution in [1.82, 2.24) is 9.88 Å². The zero-order chi connectivity index (χ0) is 18.4. The molecule has 2 amide bonds. The summed E-state index contributed by atoms with van der Waals surface area (Å²) in [7, 11) is 0. The molecule has 140 valence electrons. The van der Waals surface area contributed by atoms with Crippen LogP contribution in [0.1, 0.15) is 50.0 Å². The standard InChI is InChI=1S/C20H27N3O2S/c21-18(24)12-11-15-6-5-13-23(14-15)20(25)10-4-3-9-19-22-16-7-1-2-8-17(16)26-19/h1-2,7-8,15H,3-6,9-14H2,(H2,21,24). The highest BCUT2D eigenvalue weighted by atomic mass is 32.1. The van der Waals surface area contributed by atoms with E-state index >= 15 is 0 Å². The fourth-order valence-corrected chi connectivity index (χ4v) is 4.62. The van der Waals surface area contributed by atoms with Gasteiger partial charge in [0.05, 0.1) is 15.2 Å². The number of amides is 2. The summed E-state index contributed by atoms with van der Waals surface area (Å²) < 4.78 is 1.23. The van der Waals surface area contributed by atoms with Crippen LogP contribution in [-0.4, -0.2) is 34.8 Å². The van der Waals surface area contributed by atoms with Crippen molar-refractivity contribution in [3.8, 4) is 0 Å². The summed E-state index contributed by atoms with van der Waals surface area (Å²) >= 11 is 1.75. The van der Waals surface area contributed by atoms with Crippen molar-refractivity contribution in [3.63, 3.8) is 0 Å². The van der Waals surface area contributed by atoms with Crippen LogP contribution in [0.25, 0.3) is 10.2 Å². The van der Waals surface area contributed by atoms with E-state index in [1.165, 1.54) is 4.70 Å². The number of aryl methyl sites for hydroxylation is 1. The van der Waals surface area contributed by atoms with E-state index in [2.05, 4.69) is 11.1 Å². The third-order valence-corrected chi connectivity index (χ3v) is 6.14. The van der Waals surface area contributed by atoms with Crippen LogP contribution < -0.4 is 5.73 Å². The maximum Gasteiger partial charge on any atom is 0.222 e. The minimum atomic E-state index is -0.247. The van der Waals surface area contributed by atoms with E-state index in [1.54, 1.807) is 11.3 Å². The zero-order valence-corrected chi connectivity index (χ0v) is 16.0. The highest BCUT2D eigenvalue weighted by molar-refractivity contribution is 7.18. The van der Waals surface area contributed by atoms with Crippen LogP contribution in [0.2, 0.25) is 0 Å². The van der Waals surface area contributed by atoms with Gasteiger partial charge in [-0.05, 0) is 56.6 Å². The maximum absolute atomic E-state index is 12.5. The Labute approximate surface area is 158 Å². The summed E-state index contributed by atoms with van der Waals surface area (Å²) in [6.45, 7) is 1.63. The second kappa shape index (κ2) is 9.12. The zero-order valence-electron chi connectivity index (χ0n) is 15.2. The van der Waals surface area contributed by atoms with Gasteiger partial charge >= 0.3 is 0 Å². The summed E-state index contributed by atoms with van der Waals surface area (Å²) in [5.74, 6) is 0.421. The van der Waals surface area contributed by atoms with Crippen molar-refractivity contribution in [2.45, 2.75) is 51.4 Å². The molecule has 0 bridgehead atoms. The molecule has 1 saturated heterocycles. The van der Waals surface area contributed by atoms with Gasteiger partial charge in [-0.25, -0.2) is 4.98 Å². The van der Waals surface area contributed by atoms with Gasteiger partial charge in [-0.15, -0.1) is 11.3 Å². The second-order valence-electron chi connectivity index (χ2n) is 7.14. The number of hydrogen-bond donors (Lipinski definition) is 1. The molecule has 1 unspecified atom stereocenters. The summed E-state index contributed by atoms with van der Waals surface area (Å²) in [4.78, 5) is 30.0. The Bertz CT molecular complexity index is 725. The van der Waals surface area contributed by atoms with Gasteiger partial charge in [0.15, 0.2) is 0 Å². The first kappa shape index (κ1) is 18.8. The Kier molecular flexibility index (Phi) is 6.61. The Morgan fingerprint density at radius 1 is 1.23 bits per heavy atom. The number of nitrogens with two attached hydrogens (primary N) is 1. The molecule has 1 aromatic heterocycles. The van der Waals surface area contributed by atoms with Crippen molar-refractivity contribution in [1.29, 1.82) is 0 Å². The van der Waals surface area contributed by atoms with Gasteiger partial charge in [0, 0.05) is 25.9 Å². The highest BCUT2D eigenvalue weighted by Crippen LogP contribution is 2.24. The van der Waals surface area contributed by atoms with E-state index in [0.717, 1.165) is 62.1 Å². The molecule has 1 aliphatic rings. The van der Waals surface area contributed by atoms with Crippen LogP contribution in [0.3, 0.4) is 0 Å². The fourth-order valence-electron chi connectivity index (χ4n) is 3.61. The number of aromatic nitrogens is 1. The molecule has 0 radical (unpaired) electrons. The molecule has 0 saturated carbocycles. The summed E-state index contributed by atoms with van der Waals surface area (Å²) in [6, 6.07) is 8.20. The first-order valence-corrected chi connectivity index (χ1v) is 10.3. The van der Waals surface area contributed by atoms with Crippen molar-refractivity contribution < 1.29 is 9.59 Å². The first-order chi connectivity index (χ1) is 12.6. The van der Waals surface area contributed by atoms with E-state index in [-0.39, 0.29) is 11.8 Å². The largest absolute Gasteiger partial charge is 0.370 e. The number of carbonyl (C=O) groups is 2. The molecule has 5 nitrogen and oxygen atoms in total. The monoisotopic (exact) mass is 373 g/mol. The quantitative estimate of drug-likeness (QED) is 0.719.